The number of rotatable bonds is 10. The Morgan fingerprint density at radius 1 is 1.06 bits per heavy atom. The van der Waals surface area contributed by atoms with E-state index in [1.165, 1.54) is 5.56 Å². The fourth-order valence-corrected chi connectivity index (χ4v) is 5.06. The zero-order valence-electron chi connectivity index (χ0n) is 20.9. The molecule has 6 nitrogen and oxygen atoms in total. The Bertz CT molecular complexity index is 964. The van der Waals surface area contributed by atoms with Crippen LogP contribution >= 0.6 is 0 Å². The molecule has 0 saturated carbocycles. The summed E-state index contributed by atoms with van der Waals surface area (Å²) < 4.78 is 5.68. The van der Waals surface area contributed by atoms with Gasteiger partial charge < -0.3 is 20.3 Å². The predicted molar refractivity (Wildman–Crippen MR) is 141 cm³/mol. The highest BCUT2D eigenvalue weighted by atomic mass is 16.5. The van der Waals surface area contributed by atoms with Crippen LogP contribution in [-0.2, 0) is 16.0 Å². The van der Waals surface area contributed by atoms with E-state index in [9.17, 15) is 9.59 Å². The van der Waals surface area contributed by atoms with Crippen molar-refractivity contribution in [2.24, 2.45) is 5.92 Å². The van der Waals surface area contributed by atoms with Gasteiger partial charge in [-0.1, -0.05) is 43.7 Å². The van der Waals surface area contributed by atoms with E-state index < -0.39 is 0 Å². The predicted octanol–water partition coefficient (Wildman–Crippen LogP) is 5.18. The Hall–Kier alpha value is -2.86. The van der Waals surface area contributed by atoms with Gasteiger partial charge in [0, 0.05) is 44.0 Å². The van der Waals surface area contributed by atoms with Gasteiger partial charge in [0.15, 0.2) is 0 Å². The quantitative estimate of drug-likeness (QED) is 0.494. The van der Waals surface area contributed by atoms with Crippen LogP contribution in [0.1, 0.15) is 67.8 Å². The number of benzene rings is 2. The van der Waals surface area contributed by atoms with Crippen molar-refractivity contribution in [1.29, 1.82) is 0 Å². The molecule has 0 aromatic heterocycles. The molecule has 2 aliphatic rings. The Morgan fingerprint density at radius 3 is 2.57 bits per heavy atom. The minimum atomic E-state index is -0.105. The lowest BCUT2D eigenvalue weighted by molar-refractivity contribution is -0.116. The highest BCUT2D eigenvalue weighted by Crippen LogP contribution is 2.30. The summed E-state index contributed by atoms with van der Waals surface area (Å²) in [7, 11) is 0. The van der Waals surface area contributed by atoms with E-state index in [0.29, 0.717) is 30.1 Å². The molecular formula is C29H39N3O3. The van der Waals surface area contributed by atoms with Gasteiger partial charge in [-0.15, -0.1) is 0 Å². The van der Waals surface area contributed by atoms with Gasteiger partial charge in [0.1, 0.15) is 0 Å². The minimum absolute atomic E-state index is 0.00737. The van der Waals surface area contributed by atoms with E-state index in [4.69, 9.17) is 4.74 Å². The van der Waals surface area contributed by atoms with Crippen molar-refractivity contribution in [2.75, 3.05) is 36.5 Å². The molecule has 0 spiro atoms. The largest absolute Gasteiger partial charge is 0.376 e. The molecule has 2 saturated heterocycles. The van der Waals surface area contributed by atoms with E-state index in [1.54, 1.807) is 0 Å². The van der Waals surface area contributed by atoms with Crippen LogP contribution < -0.4 is 15.5 Å². The summed E-state index contributed by atoms with van der Waals surface area (Å²) >= 11 is 0. The van der Waals surface area contributed by atoms with Crippen LogP contribution in [0, 0.1) is 5.92 Å². The second kappa shape index (κ2) is 12.7. The van der Waals surface area contributed by atoms with Gasteiger partial charge in [0.25, 0.3) is 5.91 Å². The SMILES string of the molecule is CCCCC(=O)Nc1ccc(N2CCC(Cc3ccccc3)CC2)c(C(=O)NCC2CCCO2)c1. The summed E-state index contributed by atoms with van der Waals surface area (Å²) in [5.74, 6) is 0.543. The van der Waals surface area contributed by atoms with Crippen molar-refractivity contribution in [1.82, 2.24) is 5.32 Å². The van der Waals surface area contributed by atoms with Crippen LogP contribution in [0.4, 0.5) is 11.4 Å². The lowest BCUT2D eigenvalue weighted by Gasteiger charge is -2.35. The Morgan fingerprint density at radius 2 is 1.86 bits per heavy atom. The van der Waals surface area contributed by atoms with Crippen LogP contribution in [0.5, 0.6) is 0 Å². The first-order valence-electron chi connectivity index (χ1n) is 13.2. The molecule has 6 heteroatoms. The van der Waals surface area contributed by atoms with Crippen LogP contribution in [0.2, 0.25) is 0 Å². The third kappa shape index (κ3) is 7.31. The first kappa shape index (κ1) is 25.2. The molecular weight excluding hydrogens is 438 g/mol. The van der Waals surface area contributed by atoms with E-state index in [2.05, 4.69) is 52.8 Å². The third-order valence-corrected chi connectivity index (χ3v) is 7.12. The molecule has 35 heavy (non-hydrogen) atoms. The van der Waals surface area contributed by atoms with Crippen LogP contribution in [-0.4, -0.2) is 44.2 Å². The summed E-state index contributed by atoms with van der Waals surface area (Å²) in [6.07, 6.45) is 7.74. The van der Waals surface area contributed by atoms with Crippen molar-refractivity contribution in [2.45, 2.75) is 64.4 Å². The number of ether oxygens (including phenoxy) is 1. The number of amides is 2. The van der Waals surface area contributed by atoms with E-state index in [1.807, 2.05) is 18.2 Å². The zero-order valence-corrected chi connectivity index (χ0v) is 20.9. The normalized spacial score (nSPS) is 18.4. The van der Waals surface area contributed by atoms with Gasteiger partial charge >= 0.3 is 0 Å². The van der Waals surface area contributed by atoms with Crippen molar-refractivity contribution in [3.05, 3.63) is 59.7 Å². The lowest BCUT2D eigenvalue weighted by atomic mass is 9.89. The average molecular weight is 478 g/mol. The lowest BCUT2D eigenvalue weighted by Crippen LogP contribution is -2.37. The Labute approximate surface area is 209 Å². The van der Waals surface area contributed by atoms with Crippen molar-refractivity contribution < 1.29 is 14.3 Å². The maximum atomic E-state index is 13.3. The second-order valence-electron chi connectivity index (χ2n) is 9.85. The number of carbonyl (C=O) groups is 2. The first-order chi connectivity index (χ1) is 17.1. The van der Waals surface area contributed by atoms with E-state index in [0.717, 1.165) is 70.3 Å². The van der Waals surface area contributed by atoms with Gasteiger partial charge in [0.2, 0.25) is 5.91 Å². The number of hydrogen-bond donors (Lipinski definition) is 2. The molecule has 0 bridgehead atoms. The van der Waals surface area contributed by atoms with Gasteiger partial charge in [0.05, 0.1) is 11.7 Å². The standard InChI is InChI=1S/C29H39N3O3/c1-2-3-11-28(33)31-24-12-13-27(26(20-24)29(34)30-21-25-10-7-18-35-25)32-16-14-23(15-17-32)19-22-8-5-4-6-9-22/h4-6,8-9,12-13,20,23,25H,2-3,7,10-11,14-19,21H2,1H3,(H,30,34)(H,31,33). The van der Waals surface area contributed by atoms with Gasteiger partial charge in [-0.3, -0.25) is 9.59 Å². The number of hydrogen-bond acceptors (Lipinski definition) is 4. The fourth-order valence-electron chi connectivity index (χ4n) is 5.06. The number of unbranched alkanes of at least 4 members (excludes halogenated alkanes) is 1. The molecule has 2 aliphatic heterocycles. The maximum Gasteiger partial charge on any atom is 0.253 e. The van der Waals surface area contributed by atoms with E-state index >= 15 is 0 Å². The van der Waals surface area contributed by atoms with Crippen LogP contribution in [0.15, 0.2) is 48.5 Å². The molecule has 1 atom stereocenters. The fraction of sp³-hybridized carbons (Fsp3) is 0.517. The first-order valence-corrected chi connectivity index (χ1v) is 13.2. The highest BCUT2D eigenvalue weighted by molar-refractivity contribution is 6.02. The minimum Gasteiger partial charge on any atom is -0.376 e. The van der Waals surface area contributed by atoms with Gasteiger partial charge in [-0.05, 0) is 68.2 Å². The van der Waals surface area contributed by atoms with Gasteiger partial charge in [-0.25, -0.2) is 0 Å². The summed E-state index contributed by atoms with van der Waals surface area (Å²) in [6.45, 7) is 5.20. The number of nitrogens with zero attached hydrogens (tertiary/aromatic N) is 1. The van der Waals surface area contributed by atoms with Crippen molar-refractivity contribution in [3.8, 4) is 0 Å². The average Bonchev–Trinajstić information content (AvgIpc) is 3.41. The van der Waals surface area contributed by atoms with Crippen LogP contribution in [0.3, 0.4) is 0 Å². The topological polar surface area (TPSA) is 70.7 Å². The molecule has 0 aliphatic carbocycles. The van der Waals surface area contributed by atoms with Crippen molar-refractivity contribution >= 4 is 23.2 Å². The molecule has 2 aromatic carbocycles. The summed E-state index contributed by atoms with van der Waals surface area (Å²) in [5, 5.41) is 6.04. The smallest absolute Gasteiger partial charge is 0.253 e. The van der Waals surface area contributed by atoms with Gasteiger partial charge in [-0.2, -0.15) is 0 Å². The summed E-state index contributed by atoms with van der Waals surface area (Å²) in [4.78, 5) is 27.9. The molecule has 188 valence electrons. The molecule has 4 rings (SSSR count). The molecule has 2 amide bonds. The zero-order chi connectivity index (χ0) is 24.5. The third-order valence-electron chi connectivity index (χ3n) is 7.12. The van der Waals surface area contributed by atoms with Crippen LogP contribution in [0.25, 0.3) is 0 Å². The second-order valence-corrected chi connectivity index (χ2v) is 9.85. The summed E-state index contributed by atoms with van der Waals surface area (Å²) in [6, 6.07) is 16.4. The Balaban J connectivity index is 1.44. The monoisotopic (exact) mass is 477 g/mol. The van der Waals surface area contributed by atoms with Crippen molar-refractivity contribution in [3.63, 3.8) is 0 Å². The number of carbonyl (C=O) groups excluding carboxylic acids is 2. The molecule has 2 fully saturated rings. The van der Waals surface area contributed by atoms with E-state index in [-0.39, 0.29) is 17.9 Å². The number of nitrogens with one attached hydrogen (secondary N) is 2. The molecule has 2 heterocycles. The molecule has 2 aromatic rings. The molecule has 0 radical (unpaired) electrons. The number of piperidine rings is 1. The summed E-state index contributed by atoms with van der Waals surface area (Å²) in [5.41, 5.74) is 3.64. The molecule has 1 unspecified atom stereocenters. The Kier molecular flexibility index (Phi) is 9.18. The highest BCUT2D eigenvalue weighted by Gasteiger charge is 2.24. The number of anilines is 2. The maximum absolute atomic E-state index is 13.3. The molecule has 2 N–H and O–H groups in total.